The molecular weight excluding hydrogens is 299 g/mol. The normalized spacial score (nSPS) is 10.4. The van der Waals surface area contributed by atoms with Crippen LogP contribution in [0.25, 0.3) is 0 Å². The van der Waals surface area contributed by atoms with Gasteiger partial charge in [0, 0.05) is 16.2 Å². The Labute approximate surface area is 127 Å². The first-order chi connectivity index (χ1) is 9.31. The van der Waals surface area contributed by atoms with E-state index >= 15 is 0 Å². The summed E-state index contributed by atoms with van der Waals surface area (Å²) < 4.78 is 5.74. The number of thioether (sulfide) groups is 1. The molecule has 0 N–H and O–H groups in total. The summed E-state index contributed by atoms with van der Waals surface area (Å²) in [5.74, 6) is 1.98. The molecule has 0 unspecified atom stereocenters. The Kier molecular flexibility index (Phi) is 5.90. The molecule has 0 saturated carbocycles. The lowest BCUT2D eigenvalue weighted by atomic mass is 10.2. The van der Waals surface area contributed by atoms with Gasteiger partial charge in [0.25, 0.3) is 0 Å². The fourth-order valence-corrected chi connectivity index (χ4v) is 2.85. The van der Waals surface area contributed by atoms with E-state index in [4.69, 9.17) is 27.9 Å². The van der Waals surface area contributed by atoms with Crippen molar-refractivity contribution >= 4 is 35.0 Å². The first-order valence-electron chi connectivity index (χ1n) is 5.95. The lowest BCUT2D eigenvalue weighted by Gasteiger charge is -2.11. The highest BCUT2D eigenvalue weighted by Gasteiger charge is 2.07. The molecule has 2 aromatic rings. The van der Waals surface area contributed by atoms with Gasteiger partial charge in [-0.3, -0.25) is 0 Å². The van der Waals surface area contributed by atoms with Crippen LogP contribution in [0, 0.1) is 0 Å². The van der Waals surface area contributed by atoms with Gasteiger partial charge in [-0.2, -0.15) is 0 Å². The van der Waals surface area contributed by atoms with Crippen molar-refractivity contribution in [2.45, 2.75) is 10.8 Å². The molecule has 2 aromatic carbocycles. The summed E-state index contributed by atoms with van der Waals surface area (Å²) >= 11 is 13.7. The third kappa shape index (κ3) is 4.34. The molecule has 2 rings (SSSR count). The highest BCUT2D eigenvalue weighted by Crippen LogP contribution is 2.30. The monoisotopic (exact) mass is 312 g/mol. The highest BCUT2D eigenvalue weighted by atomic mass is 35.5. The molecule has 0 aromatic heterocycles. The zero-order valence-corrected chi connectivity index (χ0v) is 12.6. The second-order valence-corrected chi connectivity index (χ2v) is 5.71. The summed E-state index contributed by atoms with van der Waals surface area (Å²) in [5.41, 5.74) is 0.930. The van der Waals surface area contributed by atoms with E-state index < -0.39 is 0 Å². The van der Waals surface area contributed by atoms with Gasteiger partial charge < -0.3 is 4.74 Å². The fourth-order valence-electron chi connectivity index (χ4n) is 1.64. The van der Waals surface area contributed by atoms with E-state index in [-0.39, 0.29) is 0 Å². The zero-order chi connectivity index (χ0) is 13.5. The Morgan fingerprint density at radius 3 is 2.53 bits per heavy atom. The Bertz CT molecular complexity index is 517. The van der Waals surface area contributed by atoms with Gasteiger partial charge in [0.1, 0.15) is 5.75 Å². The quantitative estimate of drug-likeness (QED) is 0.409. The van der Waals surface area contributed by atoms with Crippen LogP contribution in [0.3, 0.4) is 0 Å². The summed E-state index contributed by atoms with van der Waals surface area (Å²) in [7, 11) is 0. The van der Waals surface area contributed by atoms with Gasteiger partial charge in [-0.1, -0.05) is 41.9 Å². The number of alkyl halides is 1. The second-order valence-electron chi connectivity index (χ2n) is 3.87. The Morgan fingerprint density at radius 2 is 1.79 bits per heavy atom. The second kappa shape index (κ2) is 7.68. The van der Waals surface area contributed by atoms with Crippen LogP contribution in [0.4, 0.5) is 0 Å². The summed E-state index contributed by atoms with van der Waals surface area (Å²) in [5, 5.41) is 0.614. The van der Waals surface area contributed by atoms with Crippen LogP contribution in [0.15, 0.2) is 53.4 Å². The van der Waals surface area contributed by atoms with E-state index in [0.29, 0.717) is 23.3 Å². The average molecular weight is 313 g/mol. The van der Waals surface area contributed by atoms with Gasteiger partial charge in [0.2, 0.25) is 0 Å². The number of rotatable bonds is 6. The maximum absolute atomic E-state index is 6.11. The molecule has 0 spiro atoms. The standard InChI is InChI=1S/C15H14Cl2OS/c16-11-12-5-4-8-14(17)15(12)18-9-10-19-13-6-2-1-3-7-13/h1-8H,9-11H2. The van der Waals surface area contributed by atoms with Crippen LogP contribution in [0.5, 0.6) is 5.75 Å². The number of hydrogen-bond donors (Lipinski definition) is 0. The van der Waals surface area contributed by atoms with Crippen molar-refractivity contribution in [3.05, 3.63) is 59.1 Å². The summed E-state index contributed by atoms with van der Waals surface area (Å²) in [6.45, 7) is 0.604. The minimum atomic E-state index is 0.404. The van der Waals surface area contributed by atoms with E-state index in [0.717, 1.165) is 11.3 Å². The van der Waals surface area contributed by atoms with Gasteiger partial charge in [0.15, 0.2) is 0 Å². The van der Waals surface area contributed by atoms with Gasteiger partial charge in [-0.05, 0) is 18.2 Å². The molecular formula is C15H14Cl2OS. The third-order valence-electron chi connectivity index (χ3n) is 2.53. The molecule has 0 saturated heterocycles. The lowest BCUT2D eigenvalue weighted by Crippen LogP contribution is -2.02. The van der Waals surface area contributed by atoms with Crippen molar-refractivity contribution in [2.75, 3.05) is 12.4 Å². The van der Waals surface area contributed by atoms with Crippen LogP contribution < -0.4 is 4.74 Å². The molecule has 0 aliphatic rings. The molecule has 0 heterocycles. The molecule has 0 atom stereocenters. The first-order valence-corrected chi connectivity index (χ1v) is 7.85. The minimum absolute atomic E-state index is 0.404. The van der Waals surface area contributed by atoms with Crippen LogP contribution >= 0.6 is 35.0 Å². The van der Waals surface area contributed by atoms with Crippen LogP contribution in [-0.2, 0) is 5.88 Å². The van der Waals surface area contributed by atoms with E-state index in [1.165, 1.54) is 4.90 Å². The van der Waals surface area contributed by atoms with Gasteiger partial charge in [-0.25, -0.2) is 0 Å². The van der Waals surface area contributed by atoms with Crippen molar-refractivity contribution in [3.8, 4) is 5.75 Å². The van der Waals surface area contributed by atoms with E-state index in [1.807, 2.05) is 36.4 Å². The van der Waals surface area contributed by atoms with Crippen molar-refractivity contribution in [3.63, 3.8) is 0 Å². The molecule has 0 aliphatic carbocycles. The lowest BCUT2D eigenvalue weighted by molar-refractivity contribution is 0.341. The molecule has 4 heteroatoms. The summed E-state index contributed by atoms with van der Waals surface area (Å²) in [6.07, 6.45) is 0. The molecule has 0 radical (unpaired) electrons. The van der Waals surface area contributed by atoms with Gasteiger partial charge >= 0.3 is 0 Å². The topological polar surface area (TPSA) is 9.23 Å². The van der Waals surface area contributed by atoms with Crippen molar-refractivity contribution in [2.24, 2.45) is 0 Å². The largest absolute Gasteiger partial charge is 0.491 e. The van der Waals surface area contributed by atoms with Crippen LogP contribution in [0.1, 0.15) is 5.56 Å². The van der Waals surface area contributed by atoms with Crippen molar-refractivity contribution < 1.29 is 4.74 Å². The van der Waals surface area contributed by atoms with E-state index in [2.05, 4.69) is 12.1 Å². The molecule has 0 fully saturated rings. The molecule has 100 valence electrons. The predicted octanol–water partition coefficient (Wildman–Crippen LogP) is 5.25. The highest BCUT2D eigenvalue weighted by molar-refractivity contribution is 7.99. The van der Waals surface area contributed by atoms with Gasteiger partial charge in [0.05, 0.1) is 17.5 Å². The average Bonchev–Trinajstić information content (AvgIpc) is 2.46. The number of para-hydroxylation sites is 1. The zero-order valence-electron chi connectivity index (χ0n) is 10.3. The fraction of sp³-hybridized carbons (Fsp3) is 0.200. The smallest absolute Gasteiger partial charge is 0.142 e. The Morgan fingerprint density at radius 1 is 1.00 bits per heavy atom. The number of halogens is 2. The minimum Gasteiger partial charge on any atom is -0.491 e. The Balaban J connectivity index is 1.86. The van der Waals surface area contributed by atoms with E-state index in [1.54, 1.807) is 11.8 Å². The van der Waals surface area contributed by atoms with Crippen molar-refractivity contribution in [1.82, 2.24) is 0 Å². The SMILES string of the molecule is ClCc1cccc(Cl)c1OCCSc1ccccc1. The summed E-state index contributed by atoms with van der Waals surface area (Å²) in [6, 6.07) is 15.9. The maximum atomic E-state index is 6.11. The molecule has 0 aliphatic heterocycles. The maximum Gasteiger partial charge on any atom is 0.142 e. The third-order valence-corrected chi connectivity index (χ3v) is 4.10. The number of benzene rings is 2. The predicted molar refractivity (Wildman–Crippen MR) is 83.7 cm³/mol. The number of ether oxygens (including phenoxy) is 1. The van der Waals surface area contributed by atoms with Crippen molar-refractivity contribution in [1.29, 1.82) is 0 Å². The van der Waals surface area contributed by atoms with Crippen LogP contribution in [-0.4, -0.2) is 12.4 Å². The van der Waals surface area contributed by atoms with E-state index in [9.17, 15) is 0 Å². The first kappa shape index (κ1) is 14.6. The Hall–Kier alpha value is -0.830. The number of hydrogen-bond acceptors (Lipinski definition) is 2. The molecule has 0 bridgehead atoms. The van der Waals surface area contributed by atoms with Gasteiger partial charge in [-0.15, -0.1) is 23.4 Å². The van der Waals surface area contributed by atoms with Crippen LogP contribution in [0.2, 0.25) is 5.02 Å². The molecule has 0 amide bonds. The molecule has 19 heavy (non-hydrogen) atoms. The summed E-state index contributed by atoms with van der Waals surface area (Å²) in [4.78, 5) is 1.24. The molecule has 1 nitrogen and oxygen atoms in total.